The molecule has 0 saturated carbocycles. The SMILES string of the molecule is O=c1c(Br)c(Br)cnn1-c1nc2ccccc2s1. The number of hydrogen-bond donors (Lipinski definition) is 0. The Hall–Kier alpha value is -1.05. The molecule has 2 heterocycles. The Morgan fingerprint density at radius 2 is 2.00 bits per heavy atom. The predicted octanol–water partition coefficient (Wildman–Crippen LogP) is 3.37. The van der Waals surface area contributed by atoms with E-state index in [-0.39, 0.29) is 5.56 Å². The lowest BCUT2D eigenvalue weighted by molar-refractivity contribution is 0.791. The van der Waals surface area contributed by atoms with E-state index in [1.165, 1.54) is 16.0 Å². The lowest BCUT2D eigenvalue weighted by Gasteiger charge is -2.00. The molecule has 3 rings (SSSR count). The highest BCUT2D eigenvalue weighted by atomic mass is 79.9. The summed E-state index contributed by atoms with van der Waals surface area (Å²) in [5.74, 6) is 0. The van der Waals surface area contributed by atoms with Crippen LogP contribution < -0.4 is 5.56 Å². The number of rotatable bonds is 1. The fraction of sp³-hybridized carbons (Fsp3) is 0. The summed E-state index contributed by atoms with van der Waals surface area (Å²) in [7, 11) is 0. The van der Waals surface area contributed by atoms with Crippen molar-refractivity contribution in [3.8, 4) is 5.13 Å². The number of benzene rings is 1. The van der Waals surface area contributed by atoms with E-state index in [0.717, 1.165) is 10.2 Å². The quantitative estimate of drug-likeness (QED) is 0.644. The maximum Gasteiger partial charge on any atom is 0.289 e. The summed E-state index contributed by atoms with van der Waals surface area (Å²) in [6.07, 6.45) is 1.57. The van der Waals surface area contributed by atoms with E-state index in [9.17, 15) is 4.79 Å². The Labute approximate surface area is 123 Å². The second-order valence-corrected chi connectivity index (χ2v) is 6.14. The first-order valence-corrected chi connectivity index (χ1v) is 7.36. The molecule has 0 radical (unpaired) electrons. The first kappa shape index (κ1) is 12.0. The smallest absolute Gasteiger partial charge is 0.266 e. The van der Waals surface area contributed by atoms with Gasteiger partial charge in [0.05, 0.1) is 20.9 Å². The molecule has 0 amide bonds. The van der Waals surface area contributed by atoms with Gasteiger partial charge < -0.3 is 0 Å². The van der Waals surface area contributed by atoms with Crippen molar-refractivity contribution in [2.24, 2.45) is 0 Å². The minimum Gasteiger partial charge on any atom is -0.266 e. The molecule has 0 bridgehead atoms. The zero-order chi connectivity index (χ0) is 12.7. The number of thiazole rings is 1. The minimum atomic E-state index is -0.233. The van der Waals surface area contributed by atoms with Gasteiger partial charge >= 0.3 is 0 Å². The van der Waals surface area contributed by atoms with Gasteiger partial charge in [0.25, 0.3) is 5.56 Å². The lowest BCUT2D eigenvalue weighted by atomic mass is 10.3. The van der Waals surface area contributed by atoms with Gasteiger partial charge in [-0.15, -0.1) is 0 Å². The monoisotopic (exact) mass is 385 g/mol. The third kappa shape index (κ3) is 1.92. The normalized spacial score (nSPS) is 11.0. The van der Waals surface area contributed by atoms with Gasteiger partial charge in [0.15, 0.2) is 0 Å². The van der Waals surface area contributed by atoms with Crippen molar-refractivity contribution in [1.82, 2.24) is 14.8 Å². The van der Waals surface area contributed by atoms with E-state index in [4.69, 9.17) is 0 Å². The molecule has 3 aromatic rings. The Morgan fingerprint density at radius 3 is 2.78 bits per heavy atom. The van der Waals surface area contributed by atoms with Crippen LogP contribution in [0.5, 0.6) is 0 Å². The molecule has 0 aliphatic rings. The van der Waals surface area contributed by atoms with Crippen LogP contribution in [-0.4, -0.2) is 14.8 Å². The molecular weight excluding hydrogens is 382 g/mol. The van der Waals surface area contributed by atoms with E-state index in [1.54, 1.807) is 6.20 Å². The third-order valence-corrected chi connectivity index (χ3v) is 5.25. The van der Waals surface area contributed by atoms with Gasteiger partial charge in [-0.2, -0.15) is 9.78 Å². The molecule has 0 atom stereocenters. The Balaban J connectivity index is 2.26. The Kier molecular flexibility index (Phi) is 3.04. The summed E-state index contributed by atoms with van der Waals surface area (Å²) in [5.41, 5.74) is 0.633. The van der Waals surface area contributed by atoms with Crippen LogP contribution in [0, 0.1) is 0 Å². The van der Waals surface area contributed by atoms with Gasteiger partial charge in [-0.1, -0.05) is 23.5 Å². The summed E-state index contributed by atoms with van der Waals surface area (Å²) < 4.78 is 3.39. The fourth-order valence-electron chi connectivity index (χ4n) is 1.50. The van der Waals surface area contributed by atoms with E-state index in [1.807, 2.05) is 24.3 Å². The summed E-state index contributed by atoms with van der Waals surface area (Å²) >= 11 is 7.91. The zero-order valence-corrected chi connectivity index (χ0v) is 12.8. The van der Waals surface area contributed by atoms with Crippen molar-refractivity contribution in [3.63, 3.8) is 0 Å². The molecule has 0 unspecified atom stereocenters. The van der Waals surface area contributed by atoms with Gasteiger partial charge in [-0.3, -0.25) is 4.79 Å². The van der Waals surface area contributed by atoms with E-state index in [0.29, 0.717) is 14.1 Å². The number of fused-ring (bicyclic) bond motifs is 1. The van der Waals surface area contributed by atoms with Gasteiger partial charge in [0, 0.05) is 0 Å². The minimum absolute atomic E-state index is 0.233. The standard InChI is InChI=1S/C11H5Br2N3OS/c12-6-5-14-16(10(17)9(6)13)11-15-7-3-1-2-4-8(7)18-11/h1-5H. The molecule has 7 heteroatoms. The van der Waals surface area contributed by atoms with Gasteiger partial charge in [0.1, 0.15) is 4.47 Å². The van der Waals surface area contributed by atoms with Crippen LogP contribution in [-0.2, 0) is 0 Å². The summed E-state index contributed by atoms with van der Waals surface area (Å²) in [6.45, 7) is 0. The van der Waals surface area contributed by atoms with Crippen LogP contribution >= 0.6 is 43.2 Å². The summed E-state index contributed by atoms with van der Waals surface area (Å²) in [6, 6.07) is 7.74. The Bertz CT molecular complexity index is 763. The molecule has 1 aromatic carbocycles. The molecule has 0 spiro atoms. The van der Waals surface area contributed by atoms with Crippen LogP contribution in [0.3, 0.4) is 0 Å². The molecule has 0 N–H and O–H groups in total. The van der Waals surface area contributed by atoms with Crippen LogP contribution in [0.4, 0.5) is 0 Å². The van der Waals surface area contributed by atoms with Gasteiger partial charge in [0.2, 0.25) is 5.13 Å². The molecule has 2 aromatic heterocycles. The topological polar surface area (TPSA) is 47.8 Å². The molecule has 0 aliphatic heterocycles. The van der Waals surface area contributed by atoms with Crippen LogP contribution in [0.2, 0.25) is 0 Å². The molecule has 0 fully saturated rings. The number of aromatic nitrogens is 3. The maximum absolute atomic E-state index is 12.1. The molecule has 0 aliphatic carbocycles. The van der Waals surface area contributed by atoms with Crippen molar-refractivity contribution in [2.75, 3.05) is 0 Å². The van der Waals surface area contributed by atoms with E-state index < -0.39 is 0 Å². The fourth-order valence-corrected chi connectivity index (χ4v) is 2.95. The lowest BCUT2D eigenvalue weighted by Crippen LogP contribution is -2.21. The average molecular weight is 387 g/mol. The van der Waals surface area contributed by atoms with Gasteiger partial charge in [-0.25, -0.2) is 4.98 Å². The second kappa shape index (κ2) is 4.56. The highest BCUT2D eigenvalue weighted by molar-refractivity contribution is 9.13. The number of halogens is 2. The van der Waals surface area contributed by atoms with E-state index >= 15 is 0 Å². The molecule has 0 saturated heterocycles. The number of nitrogens with zero attached hydrogens (tertiary/aromatic N) is 3. The molecule has 90 valence electrons. The van der Waals surface area contributed by atoms with Crippen LogP contribution in [0.15, 0.2) is 44.2 Å². The van der Waals surface area contributed by atoms with Crippen molar-refractivity contribution < 1.29 is 0 Å². The average Bonchev–Trinajstić information content (AvgIpc) is 2.79. The highest BCUT2D eigenvalue weighted by Crippen LogP contribution is 2.24. The number of para-hydroxylation sites is 1. The van der Waals surface area contributed by atoms with Crippen molar-refractivity contribution in [1.29, 1.82) is 0 Å². The largest absolute Gasteiger partial charge is 0.289 e. The van der Waals surface area contributed by atoms with Crippen molar-refractivity contribution in [2.45, 2.75) is 0 Å². The van der Waals surface area contributed by atoms with Gasteiger partial charge in [-0.05, 0) is 44.0 Å². The van der Waals surface area contributed by atoms with E-state index in [2.05, 4.69) is 41.9 Å². The zero-order valence-electron chi connectivity index (χ0n) is 8.80. The third-order valence-electron chi connectivity index (χ3n) is 2.34. The molecule has 4 nitrogen and oxygen atoms in total. The maximum atomic E-state index is 12.1. The number of hydrogen-bond acceptors (Lipinski definition) is 4. The second-order valence-electron chi connectivity index (χ2n) is 3.49. The Morgan fingerprint density at radius 1 is 1.22 bits per heavy atom. The summed E-state index contributed by atoms with van der Waals surface area (Å²) in [4.78, 5) is 16.5. The van der Waals surface area contributed by atoms with Crippen molar-refractivity contribution in [3.05, 3.63) is 49.8 Å². The van der Waals surface area contributed by atoms with Crippen LogP contribution in [0.25, 0.3) is 15.3 Å². The van der Waals surface area contributed by atoms with Crippen LogP contribution in [0.1, 0.15) is 0 Å². The first-order valence-electron chi connectivity index (χ1n) is 4.96. The van der Waals surface area contributed by atoms with Crippen molar-refractivity contribution >= 4 is 53.4 Å². The first-order chi connectivity index (χ1) is 8.66. The predicted molar refractivity (Wildman–Crippen MR) is 78.4 cm³/mol. The molecular formula is C11H5Br2N3OS. The highest BCUT2D eigenvalue weighted by Gasteiger charge is 2.11. The summed E-state index contributed by atoms with van der Waals surface area (Å²) in [5, 5.41) is 4.64. The molecule has 18 heavy (non-hydrogen) atoms.